The van der Waals surface area contributed by atoms with Gasteiger partial charge in [0.15, 0.2) is 0 Å². The number of nitrogens with zero attached hydrogens (tertiary/aromatic N) is 6. The molecule has 2 amide bonds. The van der Waals surface area contributed by atoms with Gasteiger partial charge in [-0.2, -0.15) is 20.5 Å². The molecule has 0 aliphatic carbocycles. The molecular weight excluding hydrogens is 603 g/mol. The van der Waals surface area contributed by atoms with E-state index in [9.17, 15) is 9.59 Å². The minimum Gasteiger partial charge on any atom is -0.753 e. The van der Waals surface area contributed by atoms with Crippen LogP contribution in [-0.2, 0) is 16.8 Å². The van der Waals surface area contributed by atoms with Gasteiger partial charge in [-0.25, -0.2) is 10.9 Å². The number of hydrogen-bond acceptors (Lipinski definition) is 8. The fourth-order valence-electron chi connectivity index (χ4n) is 2.53. The fraction of sp³-hybridized carbons (Fsp3) is 0. The summed E-state index contributed by atoms with van der Waals surface area (Å²) in [6, 6.07) is 28.8. The molecule has 41 heavy (non-hydrogen) atoms. The summed E-state index contributed by atoms with van der Waals surface area (Å²) >= 11 is 7.40. The monoisotopic (exact) mass is 625 g/mol. The van der Waals surface area contributed by atoms with Gasteiger partial charge in [0.25, 0.3) is 11.8 Å². The van der Waals surface area contributed by atoms with Crippen molar-refractivity contribution in [1.29, 1.82) is 0 Å². The topological polar surface area (TPSA) is 153 Å². The van der Waals surface area contributed by atoms with Gasteiger partial charge in [0, 0.05) is 23.5 Å². The second-order valence-electron chi connectivity index (χ2n) is 6.82. The number of carbonyl (C=O) groups excluding carboxylic acids is 2. The molecule has 0 fully saturated rings. The standard InChI is InChI=1S/2C13H11N3O.2CNS.Co/c2*17-13(11-6-2-1-3-7-11)16-15-10-12-8-4-5-9-14-12;2*2-1-3;/h2*1-10H,(H,16,17);;;/q;;2*-1;+2/b2*15-10+;;;. The van der Waals surface area contributed by atoms with E-state index in [1.54, 1.807) is 73.1 Å². The summed E-state index contributed by atoms with van der Waals surface area (Å²) in [5.41, 5.74) is 7.42. The Hall–Kier alpha value is -4.87. The Morgan fingerprint density at radius 3 is 1.24 bits per heavy atom. The predicted octanol–water partition coefficient (Wildman–Crippen LogP) is 5.01. The van der Waals surface area contributed by atoms with Gasteiger partial charge < -0.3 is 10.8 Å². The number of amides is 2. The first-order chi connectivity index (χ1) is 19.5. The number of hydrazone groups is 2. The Morgan fingerprint density at radius 2 is 0.951 bits per heavy atom. The molecular formula is C28H22CoN8O2S2. The number of benzene rings is 2. The van der Waals surface area contributed by atoms with E-state index in [1.165, 1.54) is 22.8 Å². The largest absolute Gasteiger partial charge is 2.00 e. The number of pyridine rings is 2. The van der Waals surface area contributed by atoms with Gasteiger partial charge in [0.2, 0.25) is 0 Å². The van der Waals surface area contributed by atoms with Crippen LogP contribution in [-0.4, -0.2) is 44.5 Å². The Balaban J connectivity index is 0.000000642. The first-order valence-corrected chi connectivity index (χ1v) is 12.0. The number of thiocarbonyl (C=S) groups is 2. The molecule has 2 heterocycles. The van der Waals surface area contributed by atoms with Crippen molar-refractivity contribution in [3.05, 3.63) is 143 Å². The van der Waals surface area contributed by atoms with Crippen molar-refractivity contribution in [1.82, 2.24) is 20.8 Å². The van der Waals surface area contributed by atoms with Gasteiger partial charge in [-0.15, -0.1) is 0 Å². The summed E-state index contributed by atoms with van der Waals surface area (Å²) in [5, 5.41) is 24.6. The van der Waals surface area contributed by atoms with Crippen LogP contribution >= 0.6 is 24.4 Å². The molecule has 0 saturated carbocycles. The van der Waals surface area contributed by atoms with Crippen molar-refractivity contribution in [2.45, 2.75) is 0 Å². The maximum atomic E-state index is 11.6. The molecule has 0 unspecified atom stereocenters. The summed E-state index contributed by atoms with van der Waals surface area (Å²) in [7, 11) is 0. The third kappa shape index (κ3) is 17.4. The Morgan fingerprint density at radius 1 is 0.634 bits per heavy atom. The molecule has 13 heteroatoms. The molecule has 2 aromatic heterocycles. The normalized spacial score (nSPS) is 8.98. The second-order valence-corrected chi connectivity index (χ2v) is 7.19. The zero-order valence-electron chi connectivity index (χ0n) is 21.2. The molecule has 0 aliphatic heterocycles. The molecule has 4 rings (SSSR count). The summed E-state index contributed by atoms with van der Waals surface area (Å²) in [6.07, 6.45) is 6.34. The SMILES string of the molecule is O=C(N/N=C/c1ccccn1)c1ccccc1.O=C(N/N=C/c1ccccn1)c1ccccc1.[Co+2].[N-]=C=S.[N-]=C=S. The van der Waals surface area contributed by atoms with E-state index in [0.717, 1.165) is 0 Å². The molecule has 4 aromatic rings. The first kappa shape index (κ1) is 36.1. The van der Waals surface area contributed by atoms with Crippen LogP contribution in [0.15, 0.2) is 120 Å². The smallest absolute Gasteiger partial charge is 0.753 e. The molecule has 0 aliphatic rings. The second kappa shape index (κ2) is 24.2. The quantitative estimate of drug-likeness (QED) is 0.175. The van der Waals surface area contributed by atoms with E-state index in [4.69, 9.17) is 10.8 Å². The van der Waals surface area contributed by atoms with Crippen molar-refractivity contribution in [3.8, 4) is 0 Å². The summed E-state index contributed by atoms with van der Waals surface area (Å²) in [6.45, 7) is 0. The van der Waals surface area contributed by atoms with Crippen LogP contribution in [0, 0.1) is 0 Å². The zero-order valence-corrected chi connectivity index (χ0v) is 23.9. The third-order valence-corrected chi connectivity index (χ3v) is 4.17. The number of carbonyl (C=O) groups is 2. The number of rotatable bonds is 6. The number of nitrogens with one attached hydrogen (secondary N) is 2. The maximum absolute atomic E-state index is 11.6. The zero-order chi connectivity index (χ0) is 29.3. The summed E-state index contributed by atoms with van der Waals surface area (Å²) in [5.74, 6) is -0.476. The van der Waals surface area contributed by atoms with Crippen LogP contribution in [0.3, 0.4) is 0 Å². The van der Waals surface area contributed by atoms with E-state index in [-0.39, 0.29) is 28.6 Å². The minimum absolute atomic E-state index is 0. The van der Waals surface area contributed by atoms with Gasteiger partial charge in [0.1, 0.15) is 0 Å². The maximum Gasteiger partial charge on any atom is 2.00 e. The van der Waals surface area contributed by atoms with Crippen LogP contribution in [0.5, 0.6) is 0 Å². The van der Waals surface area contributed by atoms with Crippen molar-refractivity contribution < 1.29 is 26.4 Å². The Kier molecular flexibility index (Phi) is 21.3. The number of hydrogen-bond donors (Lipinski definition) is 2. The predicted molar refractivity (Wildman–Crippen MR) is 163 cm³/mol. The average molecular weight is 626 g/mol. The van der Waals surface area contributed by atoms with Gasteiger partial charge in [-0.1, -0.05) is 73.0 Å². The molecule has 0 spiro atoms. The molecule has 2 aromatic carbocycles. The van der Waals surface area contributed by atoms with E-state index in [0.29, 0.717) is 22.5 Å². The van der Waals surface area contributed by atoms with E-state index in [1.807, 2.05) is 36.4 Å². The number of aromatic nitrogens is 2. The van der Waals surface area contributed by atoms with Crippen molar-refractivity contribution in [2.24, 2.45) is 10.2 Å². The van der Waals surface area contributed by atoms with Crippen LogP contribution in [0.25, 0.3) is 10.8 Å². The van der Waals surface area contributed by atoms with Crippen molar-refractivity contribution in [3.63, 3.8) is 0 Å². The molecule has 2 N–H and O–H groups in total. The van der Waals surface area contributed by atoms with Gasteiger partial charge >= 0.3 is 16.8 Å². The first-order valence-electron chi connectivity index (χ1n) is 11.2. The molecule has 10 nitrogen and oxygen atoms in total. The van der Waals surface area contributed by atoms with E-state index in [2.05, 4.69) is 55.5 Å². The van der Waals surface area contributed by atoms with Crippen LogP contribution in [0.4, 0.5) is 0 Å². The van der Waals surface area contributed by atoms with Crippen molar-refractivity contribution in [2.75, 3.05) is 0 Å². The van der Waals surface area contributed by atoms with Gasteiger partial charge in [-0.3, -0.25) is 19.6 Å². The molecule has 0 bridgehead atoms. The summed E-state index contributed by atoms with van der Waals surface area (Å²) in [4.78, 5) is 31.3. The van der Waals surface area contributed by atoms with E-state index < -0.39 is 0 Å². The fourth-order valence-corrected chi connectivity index (χ4v) is 2.53. The van der Waals surface area contributed by atoms with Crippen LogP contribution in [0.2, 0.25) is 0 Å². The Bertz CT molecular complexity index is 1300. The van der Waals surface area contributed by atoms with Gasteiger partial charge in [-0.05, 0) is 48.5 Å². The molecule has 1 radical (unpaired) electrons. The molecule has 207 valence electrons. The van der Waals surface area contributed by atoms with Crippen LogP contribution < -0.4 is 10.9 Å². The number of isothiocyanates is 2. The van der Waals surface area contributed by atoms with Crippen LogP contribution in [0.1, 0.15) is 32.1 Å². The third-order valence-electron chi connectivity index (χ3n) is 4.17. The summed E-state index contributed by atoms with van der Waals surface area (Å²) < 4.78 is 0. The minimum atomic E-state index is -0.238. The molecule has 0 atom stereocenters. The average Bonchev–Trinajstić information content (AvgIpc) is 3.00. The van der Waals surface area contributed by atoms with E-state index >= 15 is 0 Å². The van der Waals surface area contributed by atoms with Gasteiger partial charge in [0.05, 0.1) is 23.8 Å². The van der Waals surface area contributed by atoms with Crippen molar-refractivity contribution >= 4 is 59.0 Å². The molecule has 0 saturated heterocycles. The Labute approximate surface area is 258 Å².